The summed E-state index contributed by atoms with van der Waals surface area (Å²) in [5.74, 6) is 2.27. The smallest absolute Gasteiger partial charge is 0.169 e. The van der Waals surface area contributed by atoms with Crippen LogP contribution in [-0.4, -0.2) is 37.9 Å². The van der Waals surface area contributed by atoms with Crippen molar-refractivity contribution in [3.8, 4) is 0 Å². The van der Waals surface area contributed by atoms with E-state index in [1.165, 1.54) is 56.2 Å². The van der Waals surface area contributed by atoms with Gasteiger partial charge < -0.3 is 14.4 Å². The van der Waals surface area contributed by atoms with Gasteiger partial charge in [0, 0.05) is 49.4 Å². The molecule has 5 unspecified atom stereocenters. The van der Waals surface area contributed by atoms with Gasteiger partial charge >= 0.3 is 0 Å². The predicted octanol–water partition coefficient (Wildman–Crippen LogP) is 7.18. The molecule has 1 aromatic rings. The number of ether oxygens (including phenoxy) is 2. The normalized spacial score (nSPS) is 37.4. The molecule has 37 heavy (non-hydrogen) atoms. The van der Waals surface area contributed by atoms with Gasteiger partial charge in [0.05, 0.1) is 13.2 Å². The molecule has 0 amide bonds. The number of allylic oxidation sites excluding steroid dienone is 2. The third-order valence-electron chi connectivity index (χ3n) is 11.7. The standard InChI is InChI=1S/C33H45NO3/c1-32-21-28(22-8-11-25(12-9-22)34(2)24-6-4-3-5-7-24)31-26-16-17-33(36-18-19-37-33)20-23(26)10-13-27(31)29(32)14-15-30(32)35/h8-9,11-12,23-24,27-29H,3-7,10,13-21H2,1-2H3. The number of carbonyl (C=O) groups excluding carboxylic acids is 1. The predicted molar refractivity (Wildman–Crippen MR) is 147 cm³/mol. The number of fused-ring (bicyclic) bond motifs is 4. The Balaban J connectivity index is 1.23. The van der Waals surface area contributed by atoms with E-state index in [-0.39, 0.29) is 11.2 Å². The van der Waals surface area contributed by atoms with Crippen LogP contribution in [0.25, 0.3) is 0 Å². The molecule has 200 valence electrons. The van der Waals surface area contributed by atoms with Gasteiger partial charge in [-0.2, -0.15) is 0 Å². The minimum absolute atomic E-state index is 0.155. The summed E-state index contributed by atoms with van der Waals surface area (Å²) in [7, 11) is 2.28. The van der Waals surface area contributed by atoms with Crippen LogP contribution in [0.2, 0.25) is 0 Å². The molecule has 1 heterocycles. The largest absolute Gasteiger partial charge is 0.372 e. The van der Waals surface area contributed by atoms with E-state index in [4.69, 9.17) is 9.47 Å². The van der Waals surface area contributed by atoms with Crippen molar-refractivity contribution in [1.29, 1.82) is 0 Å². The first kappa shape index (κ1) is 24.4. The van der Waals surface area contributed by atoms with E-state index in [1.807, 2.05) is 0 Å². The molecule has 1 aliphatic heterocycles. The van der Waals surface area contributed by atoms with Crippen molar-refractivity contribution in [3.05, 3.63) is 41.0 Å². The number of ketones is 1. The van der Waals surface area contributed by atoms with Crippen LogP contribution in [-0.2, 0) is 14.3 Å². The number of carbonyl (C=O) groups is 1. The van der Waals surface area contributed by atoms with Gasteiger partial charge in [-0.05, 0) is 80.4 Å². The van der Waals surface area contributed by atoms with E-state index >= 15 is 0 Å². The molecule has 0 bridgehead atoms. The van der Waals surface area contributed by atoms with Crippen molar-refractivity contribution in [1.82, 2.24) is 0 Å². The Morgan fingerprint density at radius 1 is 0.892 bits per heavy atom. The molecule has 5 fully saturated rings. The number of hydrogen-bond acceptors (Lipinski definition) is 4. The van der Waals surface area contributed by atoms with E-state index in [1.54, 1.807) is 11.1 Å². The summed E-state index contributed by atoms with van der Waals surface area (Å²) in [6.07, 6.45) is 15.2. The Morgan fingerprint density at radius 3 is 2.41 bits per heavy atom. The van der Waals surface area contributed by atoms with Gasteiger partial charge in [-0.3, -0.25) is 4.79 Å². The quantitative estimate of drug-likeness (QED) is 0.410. The highest BCUT2D eigenvalue weighted by Gasteiger charge is 2.57. The van der Waals surface area contributed by atoms with Crippen LogP contribution < -0.4 is 4.90 Å². The zero-order valence-corrected chi connectivity index (χ0v) is 23.0. The second-order valence-corrected chi connectivity index (χ2v) is 13.4. The summed E-state index contributed by atoms with van der Waals surface area (Å²) in [4.78, 5) is 15.8. The van der Waals surface area contributed by atoms with Gasteiger partial charge in [-0.15, -0.1) is 0 Å². The number of rotatable bonds is 3. The fourth-order valence-corrected chi connectivity index (χ4v) is 9.68. The van der Waals surface area contributed by atoms with Crippen LogP contribution in [0.5, 0.6) is 0 Å². The van der Waals surface area contributed by atoms with Crippen molar-refractivity contribution in [3.63, 3.8) is 0 Å². The molecule has 1 aromatic carbocycles. The lowest BCUT2D eigenvalue weighted by Gasteiger charge is -2.52. The molecule has 0 N–H and O–H groups in total. The molecule has 4 saturated carbocycles. The van der Waals surface area contributed by atoms with E-state index in [0.717, 1.165) is 51.7 Å². The van der Waals surface area contributed by atoms with Crippen molar-refractivity contribution in [2.45, 2.75) is 108 Å². The molecule has 4 heteroatoms. The molecule has 0 radical (unpaired) electrons. The Kier molecular flexibility index (Phi) is 6.08. The van der Waals surface area contributed by atoms with Gasteiger partial charge in [0.2, 0.25) is 0 Å². The highest BCUT2D eigenvalue weighted by atomic mass is 16.7. The molecule has 1 spiro atoms. The molecule has 5 atom stereocenters. The Bertz CT molecular complexity index is 1060. The maximum absolute atomic E-state index is 13.3. The minimum atomic E-state index is -0.324. The first-order valence-corrected chi connectivity index (χ1v) is 15.3. The van der Waals surface area contributed by atoms with Crippen molar-refractivity contribution in [2.75, 3.05) is 25.2 Å². The summed E-state index contributed by atoms with van der Waals surface area (Å²) in [5.41, 5.74) is 6.07. The molecule has 5 aliphatic carbocycles. The number of anilines is 1. The third kappa shape index (κ3) is 3.95. The zero-order valence-electron chi connectivity index (χ0n) is 23.0. The second kappa shape index (κ2) is 9.23. The lowest BCUT2D eigenvalue weighted by molar-refractivity contribution is -0.181. The zero-order chi connectivity index (χ0) is 25.2. The highest BCUT2D eigenvalue weighted by Crippen LogP contribution is 2.64. The van der Waals surface area contributed by atoms with E-state index in [2.05, 4.69) is 43.1 Å². The number of Topliss-reactive ketones (excluding diaryl/α,β-unsaturated/α-hetero) is 1. The first-order valence-electron chi connectivity index (χ1n) is 15.3. The maximum atomic E-state index is 13.3. The Hall–Kier alpha value is -1.65. The number of benzene rings is 1. The van der Waals surface area contributed by atoms with Gasteiger partial charge in [-0.25, -0.2) is 0 Å². The van der Waals surface area contributed by atoms with Gasteiger partial charge in [0.1, 0.15) is 5.78 Å². The van der Waals surface area contributed by atoms with Crippen molar-refractivity contribution >= 4 is 11.5 Å². The Labute approximate surface area is 223 Å². The lowest BCUT2D eigenvalue weighted by Crippen LogP contribution is -2.46. The molecule has 4 nitrogen and oxygen atoms in total. The van der Waals surface area contributed by atoms with Gasteiger partial charge in [0.15, 0.2) is 5.79 Å². The van der Waals surface area contributed by atoms with Crippen LogP contribution >= 0.6 is 0 Å². The average Bonchev–Trinajstić information content (AvgIpc) is 3.51. The summed E-state index contributed by atoms with van der Waals surface area (Å²) in [6, 6.07) is 10.2. The molecular weight excluding hydrogens is 458 g/mol. The lowest BCUT2D eigenvalue weighted by atomic mass is 9.52. The Morgan fingerprint density at radius 2 is 1.65 bits per heavy atom. The van der Waals surface area contributed by atoms with Crippen LogP contribution in [0, 0.1) is 23.2 Å². The van der Waals surface area contributed by atoms with E-state index in [0.29, 0.717) is 35.5 Å². The maximum Gasteiger partial charge on any atom is 0.169 e. The van der Waals surface area contributed by atoms with Crippen LogP contribution in [0.15, 0.2) is 35.4 Å². The summed E-state index contributed by atoms with van der Waals surface area (Å²) in [6.45, 7) is 3.80. The monoisotopic (exact) mass is 503 g/mol. The minimum Gasteiger partial charge on any atom is -0.372 e. The number of hydrogen-bond donors (Lipinski definition) is 0. The molecule has 6 aliphatic rings. The van der Waals surface area contributed by atoms with Crippen LogP contribution in [0.1, 0.15) is 102 Å². The first-order chi connectivity index (χ1) is 18.0. The average molecular weight is 504 g/mol. The summed E-state index contributed by atoms with van der Waals surface area (Å²) >= 11 is 0. The molecular formula is C33H45NO3. The van der Waals surface area contributed by atoms with Crippen LogP contribution in [0.4, 0.5) is 5.69 Å². The van der Waals surface area contributed by atoms with Crippen molar-refractivity contribution < 1.29 is 14.3 Å². The number of nitrogens with zero attached hydrogens (tertiary/aromatic N) is 1. The second-order valence-electron chi connectivity index (χ2n) is 13.4. The molecule has 0 aromatic heterocycles. The SMILES string of the molecule is CN(c1ccc(C2CC3(C)C(=O)CCC3C3CCC4CC5(CCC4=C23)OCCO5)cc1)C1CCCCC1. The molecule has 1 saturated heterocycles. The molecule has 7 rings (SSSR count). The summed E-state index contributed by atoms with van der Waals surface area (Å²) in [5, 5.41) is 0. The van der Waals surface area contributed by atoms with Gasteiger partial charge in [-0.1, -0.05) is 49.5 Å². The third-order valence-corrected chi connectivity index (χ3v) is 11.7. The van der Waals surface area contributed by atoms with E-state index < -0.39 is 0 Å². The van der Waals surface area contributed by atoms with Crippen LogP contribution in [0.3, 0.4) is 0 Å². The van der Waals surface area contributed by atoms with Crippen molar-refractivity contribution in [2.24, 2.45) is 23.2 Å². The highest BCUT2D eigenvalue weighted by molar-refractivity contribution is 5.87. The van der Waals surface area contributed by atoms with Gasteiger partial charge in [0.25, 0.3) is 0 Å². The fraction of sp³-hybridized carbons (Fsp3) is 0.727. The topological polar surface area (TPSA) is 38.8 Å². The fourth-order valence-electron chi connectivity index (χ4n) is 9.68. The summed E-state index contributed by atoms with van der Waals surface area (Å²) < 4.78 is 12.3. The van der Waals surface area contributed by atoms with E-state index in [9.17, 15) is 4.79 Å².